The van der Waals surface area contributed by atoms with E-state index in [1.54, 1.807) is 6.20 Å². The Kier molecular flexibility index (Phi) is 5.78. The maximum Gasteiger partial charge on any atom is 0.248 e. The summed E-state index contributed by atoms with van der Waals surface area (Å²) >= 11 is 0. The number of ether oxygens (including phenoxy) is 1. The van der Waals surface area contributed by atoms with Crippen molar-refractivity contribution in [3.8, 4) is 0 Å². The molecule has 0 spiro atoms. The van der Waals surface area contributed by atoms with Gasteiger partial charge in [-0.25, -0.2) is 0 Å². The summed E-state index contributed by atoms with van der Waals surface area (Å²) in [6.45, 7) is 5.16. The van der Waals surface area contributed by atoms with E-state index >= 15 is 0 Å². The van der Waals surface area contributed by atoms with Crippen LogP contribution in [0.2, 0.25) is 0 Å². The lowest BCUT2D eigenvalue weighted by atomic mass is 9.86. The molecular weight excluding hydrogens is 352 g/mol. The first kappa shape index (κ1) is 19.2. The summed E-state index contributed by atoms with van der Waals surface area (Å²) in [7, 11) is 0. The zero-order valence-corrected chi connectivity index (χ0v) is 16.6. The Morgan fingerprint density at radius 1 is 1.32 bits per heavy atom. The summed E-state index contributed by atoms with van der Waals surface area (Å²) in [5, 5.41) is 11.0. The highest BCUT2D eigenvalue weighted by molar-refractivity contribution is 5.84. The van der Waals surface area contributed by atoms with Crippen LogP contribution in [0, 0.1) is 12.8 Å². The van der Waals surface area contributed by atoms with Gasteiger partial charge in [0.15, 0.2) is 0 Å². The third kappa shape index (κ3) is 3.84. The van der Waals surface area contributed by atoms with E-state index in [1.807, 2.05) is 16.9 Å². The number of rotatable bonds is 5. The molecule has 0 radical (unpaired) electrons. The topological polar surface area (TPSA) is 68.2 Å². The fourth-order valence-electron chi connectivity index (χ4n) is 4.49. The van der Waals surface area contributed by atoms with Crippen LogP contribution in [-0.2, 0) is 15.1 Å². The molecule has 3 heterocycles. The van der Waals surface area contributed by atoms with Gasteiger partial charge in [-0.05, 0) is 57.3 Å². The minimum atomic E-state index is -0.594. The monoisotopic (exact) mass is 382 g/mol. The van der Waals surface area contributed by atoms with Crippen LogP contribution in [0.15, 0.2) is 42.7 Å². The molecule has 1 aromatic carbocycles. The van der Waals surface area contributed by atoms with Gasteiger partial charge in [0.1, 0.15) is 5.54 Å². The van der Waals surface area contributed by atoms with Crippen molar-refractivity contribution in [3.05, 3.63) is 53.9 Å². The van der Waals surface area contributed by atoms with Crippen molar-refractivity contribution < 1.29 is 9.53 Å². The number of nitrogens with zero attached hydrogens (tertiary/aromatic N) is 2. The smallest absolute Gasteiger partial charge is 0.248 e. The number of hydrogen-bond donors (Lipinski definition) is 2. The van der Waals surface area contributed by atoms with Crippen molar-refractivity contribution in [2.75, 3.05) is 26.2 Å². The first-order valence-electron chi connectivity index (χ1n) is 10.4. The van der Waals surface area contributed by atoms with Crippen molar-refractivity contribution in [2.45, 2.75) is 44.2 Å². The van der Waals surface area contributed by atoms with Gasteiger partial charge in [0.05, 0.1) is 6.10 Å². The molecule has 2 fully saturated rings. The molecule has 6 heteroatoms. The lowest BCUT2D eigenvalue weighted by Crippen LogP contribution is -2.55. The van der Waals surface area contributed by atoms with E-state index in [-0.39, 0.29) is 17.9 Å². The fourth-order valence-corrected chi connectivity index (χ4v) is 4.49. The van der Waals surface area contributed by atoms with Gasteiger partial charge >= 0.3 is 0 Å². The van der Waals surface area contributed by atoms with Gasteiger partial charge in [-0.1, -0.05) is 29.8 Å². The Hall–Kier alpha value is -2.18. The number of piperidine rings is 1. The number of nitrogens with one attached hydrogen (secondary N) is 2. The van der Waals surface area contributed by atoms with Crippen LogP contribution in [0.4, 0.5) is 0 Å². The summed E-state index contributed by atoms with van der Waals surface area (Å²) in [4.78, 5) is 13.3. The molecule has 2 unspecified atom stereocenters. The molecule has 150 valence electrons. The summed E-state index contributed by atoms with van der Waals surface area (Å²) in [6, 6.07) is 10.4. The maximum absolute atomic E-state index is 13.3. The number of aromatic nitrogens is 2. The van der Waals surface area contributed by atoms with Crippen molar-refractivity contribution in [1.29, 1.82) is 0 Å². The van der Waals surface area contributed by atoms with E-state index in [1.165, 1.54) is 11.1 Å². The van der Waals surface area contributed by atoms with E-state index in [2.05, 4.69) is 46.9 Å². The van der Waals surface area contributed by atoms with Crippen LogP contribution in [0.5, 0.6) is 0 Å². The highest BCUT2D eigenvalue weighted by Gasteiger charge is 2.42. The standard InChI is InChI=1S/C22H30N4O2/c1-17-5-7-18(8-6-17)20-19(4-2-15-28-20)16-24-21(27)22(9-12-23-13-10-22)26-14-3-11-25-26/h3,5-8,11,14,19-20,23H,2,4,9-10,12-13,15-16H2,1H3,(H,24,27). The van der Waals surface area contributed by atoms with E-state index < -0.39 is 5.54 Å². The van der Waals surface area contributed by atoms with Gasteiger partial charge in [-0.15, -0.1) is 0 Å². The van der Waals surface area contributed by atoms with E-state index in [9.17, 15) is 4.79 Å². The lowest BCUT2D eigenvalue weighted by Gasteiger charge is -2.38. The van der Waals surface area contributed by atoms with Crippen molar-refractivity contribution in [3.63, 3.8) is 0 Å². The second-order valence-electron chi connectivity index (χ2n) is 8.05. The van der Waals surface area contributed by atoms with Gasteiger partial charge in [-0.3, -0.25) is 9.48 Å². The molecule has 28 heavy (non-hydrogen) atoms. The molecule has 2 aromatic rings. The molecular formula is C22H30N4O2. The SMILES string of the molecule is Cc1ccc(C2OCCCC2CNC(=O)C2(n3cccn3)CCNCC2)cc1. The van der Waals surface area contributed by atoms with Gasteiger partial charge in [0.25, 0.3) is 0 Å². The van der Waals surface area contributed by atoms with E-state index in [0.717, 1.165) is 45.4 Å². The van der Waals surface area contributed by atoms with Crippen molar-refractivity contribution in [2.24, 2.45) is 5.92 Å². The summed E-state index contributed by atoms with van der Waals surface area (Å²) in [5.41, 5.74) is 1.86. The number of aryl methyl sites for hydroxylation is 1. The molecule has 2 aliphatic heterocycles. The first-order valence-corrected chi connectivity index (χ1v) is 10.4. The molecule has 4 rings (SSSR count). The Morgan fingerprint density at radius 3 is 2.82 bits per heavy atom. The molecule has 0 bridgehead atoms. The second-order valence-corrected chi connectivity index (χ2v) is 8.05. The van der Waals surface area contributed by atoms with Crippen molar-refractivity contribution in [1.82, 2.24) is 20.4 Å². The second kappa shape index (κ2) is 8.45. The Bertz CT molecular complexity index is 766. The molecule has 2 N–H and O–H groups in total. The molecule has 2 saturated heterocycles. The van der Waals surface area contributed by atoms with Gasteiger partial charge in [-0.2, -0.15) is 5.10 Å². The normalized spacial score (nSPS) is 24.6. The number of benzene rings is 1. The third-order valence-electron chi connectivity index (χ3n) is 6.17. The number of carbonyl (C=O) groups excluding carboxylic acids is 1. The predicted molar refractivity (Wildman–Crippen MR) is 108 cm³/mol. The first-order chi connectivity index (χ1) is 13.7. The molecule has 2 aliphatic rings. The molecule has 6 nitrogen and oxygen atoms in total. The molecule has 0 saturated carbocycles. The fraction of sp³-hybridized carbons (Fsp3) is 0.545. The quantitative estimate of drug-likeness (QED) is 0.834. The summed E-state index contributed by atoms with van der Waals surface area (Å²) in [6.07, 6.45) is 7.31. The van der Waals surface area contributed by atoms with Crippen LogP contribution >= 0.6 is 0 Å². The van der Waals surface area contributed by atoms with Crippen LogP contribution in [0.1, 0.15) is 42.9 Å². The average molecular weight is 383 g/mol. The largest absolute Gasteiger partial charge is 0.373 e. The van der Waals surface area contributed by atoms with Crippen LogP contribution < -0.4 is 10.6 Å². The molecule has 0 aliphatic carbocycles. The zero-order valence-electron chi connectivity index (χ0n) is 16.6. The highest BCUT2D eigenvalue weighted by atomic mass is 16.5. The molecule has 2 atom stereocenters. The number of carbonyl (C=O) groups is 1. The third-order valence-corrected chi connectivity index (χ3v) is 6.17. The van der Waals surface area contributed by atoms with E-state index in [4.69, 9.17) is 4.74 Å². The number of hydrogen-bond acceptors (Lipinski definition) is 4. The Labute approximate surface area is 166 Å². The highest BCUT2D eigenvalue weighted by Crippen LogP contribution is 2.34. The summed E-state index contributed by atoms with van der Waals surface area (Å²) in [5.74, 6) is 0.364. The average Bonchev–Trinajstić information content (AvgIpc) is 3.29. The van der Waals surface area contributed by atoms with Crippen molar-refractivity contribution >= 4 is 5.91 Å². The lowest BCUT2D eigenvalue weighted by molar-refractivity contribution is -0.132. The van der Waals surface area contributed by atoms with Gasteiger partial charge < -0.3 is 15.4 Å². The number of amides is 1. The van der Waals surface area contributed by atoms with Crippen LogP contribution in [0.3, 0.4) is 0 Å². The van der Waals surface area contributed by atoms with Crippen LogP contribution in [0.25, 0.3) is 0 Å². The Balaban J connectivity index is 1.47. The van der Waals surface area contributed by atoms with Gasteiger partial charge in [0, 0.05) is 31.5 Å². The minimum Gasteiger partial charge on any atom is -0.373 e. The minimum absolute atomic E-state index is 0.0447. The summed E-state index contributed by atoms with van der Waals surface area (Å²) < 4.78 is 7.96. The Morgan fingerprint density at radius 2 is 2.11 bits per heavy atom. The zero-order chi connectivity index (χ0) is 19.4. The van der Waals surface area contributed by atoms with Gasteiger partial charge in [0.2, 0.25) is 5.91 Å². The molecule has 1 aromatic heterocycles. The van der Waals surface area contributed by atoms with Crippen LogP contribution in [-0.4, -0.2) is 41.9 Å². The molecule has 1 amide bonds. The predicted octanol–water partition coefficient (Wildman–Crippen LogP) is 2.55. The van der Waals surface area contributed by atoms with E-state index in [0.29, 0.717) is 6.54 Å². The maximum atomic E-state index is 13.3.